The minimum absolute atomic E-state index is 0.181. The van der Waals surface area contributed by atoms with Crippen molar-refractivity contribution in [2.75, 3.05) is 20.7 Å². The molecule has 1 aromatic heterocycles. The van der Waals surface area contributed by atoms with Gasteiger partial charge >= 0.3 is 0 Å². The van der Waals surface area contributed by atoms with Gasteiger partial charge in [0.1, 0.15) is 5.75 Å². The molecule has 1 aromatic carbocycles. The highest BCUT2D eigenvalue weighted by molar-refractivity contribution is 9.10. The molecule has 0 radical (unpaired) electrons. The molecule has 1 aliphatic carbocycles. The number of fused-ring (bicyclic) bond motifs is 1. The Bertz CT molecular complexity index is 833. The number of aromatic nitrogens is 2. The lowest BCUT2D eigenvalue weighted by atomic mass is 9.67. The van der Waals surface area contributed by atoms with Crippen molar-refractivity contribution < 1.29 is 9.53 Å². The summed E-state index contributed by atoms with van der Waals surface area (Å²) >= 11 is 3.55. The summed E-state index contributed by atoms with van der Waals surface area (Å²) in [5.74, 6) is 1.61. The Hall–Kier alpha value is -1.56. The van der Waals surface area contributed by atoms with Crippen LogP contribution in [-0.4, -0.2) is 41.3 Å². The van der Waals surface area contributed by atoms with E-state index in [0.717, 1.165) is 46.9 Å². The maximum absolute atomic E-state index is 12.0. The van der Waals surface area contributed by atoms with Gasteiger partial charge in [-0.25, -0.2) is 0 Å². The molecule has 2 fully saturated rings. The van der Waals surface area contributed by atoms with Gasteiger partial charge in [0.15, 0.2) is 0 Å². The van der Waals surface area contributed by atoms with E-state index in [1.54, 1.807) is 7.11 Å². The summed E-state index contributed by atoms with van der Waals surface area (Å²) in [6, 6.07) is 4.44. The van der Waals surface area contributed by atoms with Gasteiger partial charge in [0.2, 0.25) is 5.91 Å². The van der Waals surface area contributed by atoms with E-state index < -0.39 is 0 Å². The van der Waals surface area contributed by atoms with Crippen LogP contribution in [0.1, 0.15) is 38.6 Å². The summed E-state index contributed by atoms with van der Waals surface area (Å²) in [6.07, 6.45) is 6.13. The van der Waals surface area contributed by atoms with Gasteiger partial charge in [-0.05, 0) is 52.6 Å². The highest BCUT2D eigenvalue weighted by Crippen LogP contribution is 2.49. The summed E-state index contributed by atoms with van der Waals surface area (Å²) in [6.45, 7) is 3.21. The van der Waals surface area contributed by atoms with E-state index >= 15 is 0 Å². The zero-order chi connectivity index (χ0) is 17.8. The maximum atomic E-state index is 12.0. The second-order valence-corrected chi connectivity index (χ2v) is 8.72. The number of nitrogens with zero attached hydrogens (tertiary/aromatic N) is 3. The van der Waals surface area contributed by atoms with Crippen molar-refractivity contribution in [2.45, 2.75) is 38.6 Å². The number of carbonyl (C=O) groups excluding carboxylic acids is 1. The Balaban J connectivity index is 1.59. The van der Waals surface area contributed by atoms with E-state index in [9.17, 15) is 4.79 Å². The minimum atomic E-state index is 0.181. The normalized spacial score (nSPS) is 29.8. The van der Waals surface area contributed by atoms with Gasteiger partial charge in [-0.1, -0.05) is 6.92 Å². The number of hydrogen-bond acceptors (Lipinski definition) is 3. The van der Waals surface area contributed by atoms with E-state index in [4.69, 9.17) is 9.84 Å². The van der Waals surface area contributed by atoms with Crippen LogP contribution < -0.4 is 4.74 Å². The quantitative estimate of drug-likeness (QED) is 0.757. The van der Waals surface area contributed by atoms with Crippen LogP contribution >= 0.6 is 15.9 Å². The number of benzene rings is 1. The van der Waals surface area contributed by atoms with Crippen molar-refractivity contribution in [2.24, 2.45) is 11.3 Å². The molecule has 0 bridgehead atoms. The van der Waals surface area contributed by atoms with Gasteiger partial charge in [-0.3, -0.25) is 9.48 Å². The van der Waals surface area contributed by atoms with Crippen LogP contribution in [0.25, 0.3) is 10.9 Å². The van der Waals surface area contributed by atoms with Crippen LogP contribution in [0.5, 0.6) is 5.75 Å². The molecule has 0 N–H and O–H groups in total. The first-order valence-electron chi connectivity index (χ1n) is 8.87. The van der Waals surface area contributed by atoms with Crippen molar-refractivity contribution in [1.82, 2.24) is 14.7 Å². The standard InChI is InChI=1S/C19H24BrN3O2/c1-12-8-19(9-18(24)22(2)11-19)5-4-16(12)23-10-13-6-14(20)17(25-3)7-15(13)21-23/h6-7,10,12,16H,4-5,8-9,11H2,1-3H3. The van der Waals surface area contributed by atoms with E-state index in [0.29, 0.717) is 24.3 Å². The number of rotatable bonds is 2. The lowest BCUT2D eigenvalue weighted by Gasteiger charge is -2.40. The molecule has 4 rings (SSSR count). The van der Waals surface area contributed by atoms with E-state index in [-0.39, 0.29) is 5.41 Å². The summed E-state index contributed by atoms with van der Waals surface area (Å²) in [7, 11) is 3.60. The minimum Gasteiger partial charge on any atom is -0.495 e. The third-order valence-corrected chi connectivity index (χ3v) is 6.66. The van der Waals surface area contributed by atoms with E-state index in [2.05, 4.69) is 39.8 Å². The molecule has 134 valence electrons. The van der Waals surface area contributed by atoms with Crippen LogP contribution in [0.15, 0.2) is 22.8 Å². The van der Waals surface area contributed by atoms with Gasteiger partial charge in [0.25, 0.3) is 0 Å². The Morgan fingerprint density at radius 2 is 2.20 bits per heavy atom. The highest BCUT2D eigenvalue weighted by Gasteiger charge is 2.46. The molecule has 3 unspecified atom stereocenters. The molecule has 3 atom stereocenters. The maximum Gasteiger partial charge on any atom is 0.222 e. The lowest BCUT2D eigenvalue weighted by molar-refractivity contribution is -0.126. The number of likely N-dealkylation sites (tertiary alicyclic amines) is 1. The van der Waals surface area contributed by atoms with E-state index in [1.807, 2.05) is 18.0 Å². The fourth-order valence-corrected chi connectivity index (χ4v) is 5.35. The van der Waals surface area contributed by atoms with Gasteiger partial charge in [0, 0.05) is 37.7 Å². The van der Waals surface area contributed by atoms with Crippen LogP contribution in [0.3, 0.4) is 0 Å². The molecule has 1 spiro atoms. The smallest absolute Gasteiger partial charge is 0.222 e. The lowest BCUT2D eigenvalue weighted by Crippen LogP contribution is -2.35. The number of carbonyl (C=O) groups is 1. The van der Waals surface area contributed by atoms with Crippen LogP contribution in [-0.2, 0) is 4.79 Å². The number of methoxy groups -OCH3 is 1. The molecule has 1 saturated carbocycles. The molecule has 1 aliphatic heterocycles. The zero-order valence-corrected chi connectivity index (χ0v) is 16.5. The van der Waals surface area contributed by atoms with E-state index in [1.165, 1.54) is 0 Å². The Labute approximate surface area is 156 Å². The molecular weight excluding hydrogens is 382 g/mol. The van der Waals surface area contributed by atoms with Crippen LogP contribution in [0.2, 0.25) is 0 Å². The second kappa shape index (κ2) is 6.01. The van der Waals surface area contributed by atoms with Crippen LogP contribution in [0.4, 0.5) is 0 Å². The third-order valence-electron chi connectivity index (χ3n) is 6.04. The molecule has 25 heavy (non-hydrogen) atoms. The zero-order valence-electron chi connectivity index (χ0n) is 15.0. The topological polar surface area (TPSA) is 47.4 Å². The van der Waals surface area contributed by atoms with Gasteiger partial charge in [-0.2, -0.15) is 5.10 Å². The number of hydrogen-bond donors (Lipinski definition) is 0. The summed E-state index contributed by atoms with van der Waals surface area (Å²) in [5.41, 5.74) is 1.14. The molecule has 2 aromatic rings. The fraction of sp³-hybridized carbons (Fsp3) is 0.579. The summed E-state index contributed by atoms with van der Waals surface area (Å²) in [5, 5.41) is 5.94. The predicted octanol–water partition coefficient (Wildman–Crippen LogP) is 4.02. The first-order valence-corrected chi connectivity index (χ1v) is 9.66. The molecular formula is C19H24BrN3O2. The molecule has 1 saturated heterocycles. The molecule has 6 heteroatoms. The van der Waals surface area contributed by atoms with Gasteiger partial charge in [-0.15, -0.1) is 0 Å². The van der Waals surface area contributed by atoms with Gasteiger partial charge in [0.05, 0.1) is 23.1 Å². The third kappa shape index (κ3) is 2.84. The SMILES string of the molecule is COc1cc2nn(C3CCC4(CC(=O)N(C)C4)CC3C)cc2cc1Br. The largest absolute Gasteiger partial charge is 0.495 e. The van der Waals surface area contributed by atoms with Gasteiger partial charge < -0.3 is 9.64 Å². The first kappa shape index (κ1) is 16.9. The predicted molar refractivity (Wildman–Crippen MR) is 101 cm³/mol. The molecule has 1 amide bonds. The second-order valence-electron chi connectivity index (χ2n) is 7.87. The average Bonchev–Trinajstić information content (AvgIpc) is 3.07. The summed E-state index contributed by atoms with van der Waals surface area (Å²) in [4.78, 5) is 13.9. The average molecular weight is 406 g/mol. The summed E-state index contributed by atoms with van der Waals surface area (Å²) < 4.78 is 8.46. The first-order chi connectivity index (χ1) is 11.9. The molecule has 2 heterocycles. The Morgan fingerprint density at radius 3 is 2.84 bits per heavy atom. The van der Waals surface area contributed by atoms with Crippen LogP contribution in [0, 0.1) is 11.3 Å². The highest BCUT2D eigenvalue weighted by atomic mass is 79.9. The fourth-order valence-electron chi connectivity index (χ4n) is 4.83. The number of amides is 1. The van der Waals surface area contributed by atoms with Crippen molar-refractivity contribution in [3.63, 3.8) is 0 Å². The molecule has 2 aliphatic rings. The van der Waals surface area contributed by atoms with Crippen molar-refractivity contribution >= 4 is 32.7 Å². The number of halogens is 1. The molecule has 5 nitrogen and oxygen atoms in total. The van der Waals surface area contributed by atoms with Crippen molar-refractivity contribution in [3.05, 3.63) is 22.8 Å². The number of ether oxygens (including phenoxy) is 1. The monoisotopic (exact) mass is 405 g/mol. The van der Waals surface area contributed by atoms with Crippen molar-refractivity contribution in [3.8, 4) is 5.75 Å². The Morgan fingerprint density at radius 1 is 1.40 bits per heavy atom. The Kier molecular flexibility index (Phi) is 4.06. The van der Waals surface area contributed by atoms with Crippen molar-refractivity contribution in [1.29, 1.82) is 0 Å².